The van der Waals surface area contributed by atoms with E-state index >= 15 is 4.39 Å². The highest BCUT2D eigenvalue weighted by Crippen LogP contribution is 2.50. The number of halogens is 9. The Kier molecular flexibility index (Phi) is 6.86. The molecule has 1 fully saturated rings. The minimum atomic E-state index is -5.24. The molecule has 204 valence electrons. The Labute approximate surface area is 220 Å². The Morgan fingerprint density at radius 1 is 1.03 bits per heavy atom. The van der Waals surface area contributed by atoms with E-state index in [-0.39, 0.29) is 36.0 Å². The number of nitrogens with zero attached hydrogens (tertiary/aromatic N) is 1. The van der Waals surface area contributed by atoms with Crippen LogP contribution in [0.15, 0.2) is 42.5 Å². The van der Waals surface area contributed by atoms with E-state index in [9.17, 15) is 35.9 Å². The van der Waals surface area contributed by atoms with Crippen molar-refractivity contribution in [3.63, 3.8) is 0 Å². The van der Waals surface area contributed by atoms with E-state index in [2.05, 4.69) is 5.48 Å². The summed E-state index contributed by atoms with van der Waals surface area (Å²) in [5.41, 5.74) is -0.858. The third-order valence-corrected chi connectivity index (χ3v) is 6.93. The van der Waals surface area contributed by atoms with Crippen molar-refractivity contribution >= 4 is 40.7 Å². The van der Waals surface area contributed by atoms with E-state index in [4.69, 9.17) is 33.8 Å². The van der Waals surface area contributed by atoms with Gasteiger partial charge in [-0.3, -0.25) is 19.9 Å². The molecule has 1 saturated heterocycles. The van der Waals surface area contributed by atoms with Crippen LogP contribution in [0.25, 0.3) is 5.70 Å². The predicted octanol–water partition coefficient (Wildman–Crippen LogP) is 5.23. The van der Waals surface area contributed by atoms with E-state index in [1.807, 2.05) is 0 Å². The lowest BCUT2D eigenvalue weighted by Gasteiger charge is -2.44. The van der Waals surface area contributed by atoms with Crippen LogP contribution in [0.1, 0.15) is 28.7 Å². The first-order chi connectivity index (χ1) is 17.5. The Bertz CT molecular complexity index is 1320. The lowest BCUT2D eigenvalue weighted by Crippen LogP contribution is -2.59. The number of carbonyl (C=O) groups excluding carboxylic acids is 2. The van der Waals surface area contributed by atoms with Gasteiger partial charge in [0.1, 0.15) is 6.42 Å². The molecule has 38 heavy (non-hydrogen) atoms. The molecular formula is C23H16Cl2F7N3O3. The van der Waals surface area contributed by atoms with Crippen molar-refractivity contribution in [3.05, 3.63) is 74.8 Å². The van der Waals surface area contributed by atoms with Gasteiger partial charge in [0.15, 0.2) is 5.67 Å². The van der Waals surface area contributed by atoms with Crippen molar-refractivity contribution in [3.8, 4) is 0 Å². The highest BCUT2D eigenvalue weighted by molar-refractivity contribution is 6.42. The maximum Gasteiger partial charge on any atom is 0.428 e. The number of likely N-dealkylation sites (tertiary alicyclic amines) is 1. The van der Waals surface area contributed by atoms with Gasteiger partial charge in [0, 0.05) is 5.56 Å². The molecule has 0 bridgehead atoms. The van der Waals surface area contributed by atoms with Gasteiger partial charge in [0.2, 0.25) is 17.4 Å². The topological polar surface area (TPSA) is 84.7 Å². The summed E-state index contributed by atoms with van der Waals surface area (Å²) in [5, 5.41) is -1.72. The SMILES string of the molecule is NC(=O)CC(=O)N1CC(F)(c2ccc(C3=CC(c4cc(Cl)c(Cl)c(C(F)(F)F)c4)(C(F)(F)F)ON3)cc2)C1. The molecule has 2 heterocycles. The van der Waals surface area contributed by atoms with Crippen molar-refractivity contribution in [2.75, 3.05) is 13.1 Å². The van der Waals surface area contributed by atoms with Gasteiger partial charge < -0.3 is 10.6 Å². The zero-order chi connectivity index (χ0) is 28.3. The Balaban J connectivity index is 1.64. The number of nitrogens with two attached hydrogens (primary N) is 1. The van der Waals surface area contributed by atoms with Gasteiger partial charge in [-0.05, 0) is 29.3 Å². The summed E-state index contributed by atoms with van der Waals surface area (Å²) in [6, 6.07) is 5.95. The largest absolute Gasteiger partial charge is 0.428 e. The molecule has 0 spiro atoms. The maximum atomic E-state index is 15.2. The molecule has 2 aromatic carbocycles. The van der Waals surface area contributed by atoms with Crippen LogP contribution < -0.4 is 11.2 Å². The van der Waals surface area contributed by atoms with Crippen LogP contribution in [0.4, 0.5) is 30.7 Å². The van der Waals surface area contributed by atoms with Gasteiger partial charge in [-0.25, -0.2) is 4.39 Å². The fourth-order valence-corrected chi connectivity index (χ4v) is 4.56. The highest BCUT2D eigenvalue weighted by atomic mass is 35.5. The van der Waals surface area contributed by atoms with E-state index in [1.165, 1.54) is 24.3 Å². The van der Waals surface area contributed by atoms with Crippen LogP contribution >= 0.6 is 23.2 Å². The number of hydroxylamine groups is 1. The number of benzene rings is 2. The molecular weight excluding hydrogens is 570 g/mol. The molecule has 0 radical (unpaired) electrons. The first-order valence-corrected chi connectivity index (χ1v) is 11.4. The summed E-state index contributed by atoms with van der Waals surface area (Å²) in [6.45, 7) is -0.697. The maximum absolute atomic E-state index is 15.2. The number of hydrogen-bond acceptors (Lipinski definition) is 4. The molecule has 1 atom stereocenters. The molecule has 2 amide bonds. The fraction of sp³-hybridized carbons (Fsp3) is 0.304. The van der Waals surface area contributed by atoms with Crippen LogP contribution in [0.5, 0.6) is 0 Å². The monoisotopic (exact) mass is 585 g/mol. The van der Waals surface area contributed by atoms with Gasteiger partial charge in [-0.1, -0.05) is 47.5 Å². The van der Waals surface area contributed by atoms with Gasteiger partial charge >= 0.3 is 12.4 Å². The molecule has 2 aliphatic heterocycles. The van der Waals surface area contributed by atoms with Crippen LogP contribution in [0.2, 0.25) is 10.0 Å². The van der Waals surface area contributed by atoms with Crippen LogP contribution in [0.3, 0.4) is 0 Å². The molecule has 0 aromatic heterocycles. The van der Waals surface area contributed by atoms with Crippen molar-refractivity contribution in [2.24, 2.45) is 5.73 Å². The normalized spacial score (nSPS) is 21.0. The number of alkyl halides is 7. The van der Waals surface area contributed by atoms with E-state index in [0.717, 1.165) is 4.90 Å². The Morgan fingerprint density at radius 3 is 2.16 bits per heavy atom. The molecule has 6 nitrogen and oxygen atoms in total. The van der Waals surface area contributed by atoms with Crippen molar-refractivity contribution in [2.45, 2.75) is 30.0 Å². The molecule has 0 aliphatic carbocycles. The van der Waals surface area contributed by atoms with Gasteiger partial charge in [0.25, 0.3) is 0 Å². The van der Waals surface area contributed by atoms with Crippen LogP contribution in [-0.2, 0) is 31.9 Å². The van der Waals surface area contributed by atoms with Gasteiger partial charge in [-0.15, -0.1) is 0 Å². The lowest BCUT2D eigenvalue weighted by molar-refractivity contribution is -0.269. The molecule has 15 heteroatoms. The summed E-state index contributed by atoms with van der Waals surface area (Å²) in [5.74, 6) is -1.50. The number of hydrogen-bond donors (Lipinski definition) is 2. The number of primary amides is 1. The number of rotatable bonds is 5. The molecule has 2 aromatic rings. The number of nitrogens with one attached hydrogen (secondary N) is 1. The van der Waals surface area contributed by atoms with Crippen molar-refractivity contribution in [1.82, 2.24) is 10.4 Å². The van der Waals surface area contributed by atoms with Crippen molar-refractivity contribution < 1.29 is 45.2 Å². The number of amides is 2. The zero-order valence-corrected chi connectivity index (χ0v) is 20.3. The standard InChI is InChI=1S/C23H16Cl2F7N3O3/c24-15-6-13(5-14(19(15)25)22(27,28)29)21(23(30,31)32)8-16(34-38-21)11-1-3-12(4-2-11)20(26)9-35(10-20)18(37)7-17(33)36/h1-6,8,34H,7,9-10H2,(H2,33,36). The van der Waals surface area contributed by atoms with Gasteiger partial charge in [-0.2, -0.15) is 26.3 Å². The summed E-state index contributed by atoms with van der Waals surface area (Å²) in [6.07, 6.45) is -10.4. The first kappa shape index (κ1) is 28.0. The lowest BCUT2D eigenvalue weighted by atomic mass is 9.86. The third kappa shape index (κ3) is 4.90. The van der Waals surface area contributed by atoms with E-state index in [0.29, 0.717) is 12.1 Å². The average Bonchev–Trinajstić information content (AvgIpc) is 3.24. The molecule has 4 rings (SSSR count). The molecule has 0 saturated carbocycles. The minimum absolute atomic E-state index is 0.0977. The summed E-state index contributed by atoms with van der Waals surface area (Å²) >= 11 is 11.3. The van der Waals surface area contributed by atoms with E-state index in [1.54, 1.807) is 0 Å². The predicted molar refractivity (Wildman–Crippen MR) is 121 cm³/mol. The molecule has 1 unspecified atom stereocenters. The highest BCUT2D eigenvalue weighted by Gasteiger charge is 2.60. The smallest absolute Gasteiger partial charge is 0.369 e. The first-order valence-electron chi connectivity index (χ1n) is 10.6. The minimum Gasteiger partial charge on any atom is -0.369 e. The zero-order valence-electron chi connectivity index (χ0n) is 18.8. The molecule has 3 N–H and O–H groups in total. The Hall–Kier alpha value is -3.03. The summed E-state index contributed by atoms with van der Waals surface area (Å²) in [4.78, 5) is 28.6. The molecule has 2 aliphatic rings. The van der Waals surface area contributed by atoms with Crippen molar-refractivity contribution in [1.29, 1.82) is 0 Å². The quantitative estimate of drug-likeness (QED) is 0.372. The second-order valence-electron chi connectivity index (χ2n) is 8.75. The summed E-state index contributed by atoms with van der Waals surface area (Å²) in [7, 11) is 0. The second kappa shape index (κ2) is 9.31. The number of carbonyl (C=O) groups is 2. The summed E-state index contributed by atoms with van der Waals surface area (Å²) < 4.78 is 98.0. The fourth-order valence-electron chi connectivity index (χ4n) is 4.12. The Morgan fingerprint density at radius 2 is 1.63 bits per heavy atom. The van der Waals surface area contributed by atoms with Crippen LogP contribution in [-0.4, -0.2) is 36.0 Å². The van der Waals surface area contributed by atoms with E-state index < -0.39 is 63.0 Å². The average molecular weight is 586 g/mol. The third-order valence-electron chi connectivity index (χ3n) is 6.13. The van der Waals surface area contributed by atoms with Crippen LogP contribution in [0, 0.1) is 0 Å². The second-order valence-corrected chi connectivity index (χ2v) is 9.53. The van der Waals surface area contributed by atoms with Gasteiger partial charge in [0.05, 0.1) is 34.4 Å².